The fourth-order valence-corrected chi connectivity index (χ4v) is 4.16. The van der Waals surface area contributed by atoms with Crippen LogP contribution in [0.5, 0.6) is 0 Å². The first-order valence-electron chi connectivity index (χ1n) is 7.80. The highest BCUT2D eigenvalue weighted by molar-refractivity contribution is 7.17. The SMILES string of the molecule is O=CN1CCN(c2nc(Cl)nc3scc(-c4ccc(F)cc4)c23)CC1. The lowest BCUT2D eigenvalue weighted by Gasteiger charge is -2.33. The number of fused-ring (bicyclic) bond motifs is 1. The Hall–Kier alpha value is -2.25. The van der Waals surface area contributed by atoms with E-state index in [1.807, 2.05) is 5.38 Å². The second-order valence-electron chi connectivity index (χ2n) is 5.78. The first-order chi connectivity index (χ1) is 12.2. The number of halogens is 2. The lowest BCUT2D eigenvalue weighted by atomic mass is 10.1. The Balaban J connectivity index is 1.81. The van der Waals surface area contributed by atoms with Crippen molar-refractivity contribution >= 4 is 45.4 Å². The molecule has 5 nitrogen and oxygen atoms in total. The van der Waals surface area contributed by atoms with Gasteiger partial charge < -0.3 is 9.80 Å². The van der Waals surface area contributed by atoms with Crippen LogP contribution in [0.3, 0.4) is 0 Å². The number of thiophene rings is 1. The number of amides is 1. The first kappa shape index (κ1) is 16.2. The molecule has 4 rings (SSSR count). The molecular formula is C17H14ClFN4OS. The van der Waals surface area contributed by atoms with Crippen LogP contribution in [-0.2, 0) is 4.79 Å². The minimum absolute atomic E-state index is 0.202. The molecule has 0 spiro atoms. The van der Waals surface area contributed by atoms with Crippen LogP contribution in [0.4, 0.5) is 10.2 Å². The molecule has 128 valence electrons. The molecule has 0 bridgehead atoms. The molecule has 1 aliphatic rings. The summed E-state index contributed by atoms with van der Waals surface area (Å²) in [7, 11) is 0. The second kappa shape index (κ2) is 6.57. The number of hydrogen-bond donors (Lipinski definition) is 0. The van der Waals surface area contributed by atoms with Crippen LogP contribution in [0, 0.1) is 5.82 Å². The quantitative estimate of drug-likeness (QED) is 0.519. The molecule has 2 aromatic heterocycles. The minimum atomic E-state index is -0.271. The molecule has 1 aromatic carbocycles. The zero-order valence-electron chi connectivity index (χ0n) is 13.2. The van der Waals surface area contributed by atoms with Crippen molar-refractivity contribution in [1.82, 2.24) is 14.9 Å². The van der Waals surface area contributed by atoms with Gasteiger partial charge in [0.25, 0.3) is 0 Å². The smallest absolute Gasteiger partial charge is 0.225 e. The van der Waals surface area contributed by atoms with Crippen LogP contribution < -0.4 is 4.90 Å². The van der Waals surface area contributed by atoms with E-state index >= 15 is 0 Å². The van der Waals surface area contributed by atoms with Crippen LogP contribution in [0.25, 0.3) is 21.3 Å². The largest absolute Gasteiger partial charge is 0.352 e. The van der Waals surface area contributed by atoms with Crippen LogP contribution in [0.1, 0.15) is 0 Å². The summed E-state index contributed by atoms with van der Waals surface area (Å²) >= 11 is 7.60. The van der Waals surface area contributed by atoms with Gasteiger partial charge in [-0.1, -0.05) is 12.1 Å². The van der Waals surface area contributed by atoms with Crippen molar-refractivity contribution in [1.29, 1.82) is 0 Å². The standard InChI is InChI=1S/C17H14ClFN4OS/c18-17-20-15(23-7-5-22(10-24)6-8-23)14-13(9-25-16(14)21-17)11-1-3-12(19)4-2-11/h1-4,9-10H,5-8H2. The second-order valence-corrected chi connectivity index (χ2v) is 6.98. The maximum absolute atomic E-state index is 13.3. The Morgan fingerprint density at radius 1 is 1.12 bits per heavy atom. The molecule has 0 N–H and O–H groups in total. The Kier molecular flexibility index (Phi) is 4.27. The molecule has 1 amide bonds. The third-order valence-electron chi connectivity index (χ3n) is 4.31. The van der Waals surface area contributed by atoms with Gasteiger partial charge in [0, 0.05) is 37.1 Å². The predicted octanol–water partition coefficient (Wildman–Crippen LogP) is 3.43. The maximum atomic E-state index is 13.3. The van der Waals surface area contributed by atoms with E-state index in [4.69, 9.17) is 11.6 Å². The van der Waals surface area contributed by atoms with Gasteiger partial charge in [0.1, 0.15) is 16.5 Å². The van der Waals surface area contributed by atoms with Crippen LogP contribution in [0.2, 0.25) is 5.28 Å². The number of carbonyl (C=O) groups is 1. The van der Waals surface area contributed by atoms with E-state index < -0.39 is 0 Å². The number of anilines is 1. The van der Waals surface area contributed by atoms with Gasteiger partial charge in [-0.05, 0) is 29.3 Å². The molecule has 25 heavy (non-hydrogen) atoms. The summed E-state index contributed by atoms with van der Waals surface area (Å²) in [6.07, 6.45) is 0.869. The zero-order valence-corrected chi connectivity index (χ0v) is 14.7. The van der Waals surface area contributed by atoms with Crippen molar-refractivity contribution in [3.8, 4) is 11.1 Å². The van der Waals surface area contributed by atoms with Gasteiger partial charge in [0.2, 0.25) is 11.7 Å². The van der Waals surface area contributed by atoms with Gasteiger partial charge >= 0.3 is 0 Å². The molecule has 1 fully saturated rings. The number of carbonyl (C=O) groups excluding carboxylic acids is 1. The fourth-order valence-electron chi connectivity index (χ4n) is 3.01. The van der Waals surface area contributed by atoms with Crippen molar-refractivity contribution in [3.63, 3.8) is 0 Å². The summed E-state index contributed by atoms with van der Waals surface area (Å²) in [5.74, 6) is 0.494. The van der Waals surface area contributed by atoms with Gasteiger partial charge in [-0.3, -0.25) is 4.79 Å². The average Bonchev–Trinajstić information content (AvgIpc) is 3.05. The Labute approximate surface area is 152 Å². The molecule has 0 radical (unpaired) electrons. The van der Waals surface area contributed by atoms with Crippen LogP contribution in [0.15, 0.2) is 29.6 Å². The van der Waals surface area contributed by atoms with Crippen molar-refractivity contribution in [2.75, 3.05) is 31.1 Å². The molecule has 8 heteroatoms. The van der Waals surface area contributed by atoms with Gasteiger partial charge in [0.15, 0.2) is 0 Å². The molecular weight excluding hydrogens is 363 g/mol. The summed E-state index contributed by atoms with van der Waals surface area (Å²) in [6, 6.07) is 6.38. The number of piperazine rings is 1. The predicted molar refractivity (Wildman–Crippen MR) is 97.7 cm³/mol. The van der Waals surface area contributed by atoms with E-state index in [0.29, 0.717) is 26.2 Å². The highest BCUT2D eigenvalue weighted by Crippen LogP contribution is 2.39. The number of aromatic nitrogens is 2. The summed E-state index contributed by atoms with van der Waals surface area (Å²) in [4.78, 5) is 24.4. The number of benzene rings is 1. The third-order valence-corrected chi connectivity index (χ3v) is 5.35. The number of hydrogen-bond acceptors (Lipinski definition) is 5. The summed E-state index contributed by atoms with van der Waals surface area (Å²) in [6.45, 7) is 2.64. The van der Waals surface area contributed by atoms with Crippen molar-refractivity contribution < 1.29 is 9.18 Å². The molecule has 1 aliphatic heterocycles. The summed E-state index contributed by atoms with van der Waals surface area (Å²) < 4.78 is 13.3. The maximum Gasteiger partial charge on any atom is 0.225 e. The Morgan fingerprint density at radius 2 is 1.84 bits per heavy atom. The zero-order chi connectivity index (χ0) is 17.4. The van der Waals surface area contributed by atoms with Gasteiger partial charge in [-0.15, -0.1) is 11.3 Å². The van der Waals surface area contributed by atoms with Gasteiger partial charge in [0.05, 0.1) is 5.39 Å². The number of nitrogens with zero attached hydrogens (tertiary/aromatic N) is 4. The van der Waals surface area contributed by atoms with E-state index in [2.05, 4.69) is 14.9 Å². The van der Waals surface area contributed by atoms with E-state index in [-0.39, 0.29) is 11.1 Å². The molecule has 0 saturated carbocycles. The molecule has 0 atom stereocenters. The van der Waals surface area contributed by atoms with E-state index in [1.165, 1.54) is 23.5 Å². The number of rotatable bonds is 3. The van der Waals surface area contributed by atoms with Crippen molar-refractivity contribution in [2.45, 2.75) is 0 Å². The van der Waals surface area contributed by atoms with Crippen LogP contribution in [-0.4, -0.2) is 47.5 Å². The summed E-state index contributed by atoms with van der Waals surface area (Å²) in [5, 5.41) is 3.11. The Morgan fingerprint density at radius 3 is 2.52 bits per heavy atom. The Bertz CT molecular complexity index is 922. The van der Waals surface area contributed by atoms with E-state index in [9.17, 15) is 9.18 Å². The van der Waals surface area contributed by atoms with E-state index in [1.54, 1.807) is 17.0 Å². The van der Waals surface area contributed by atoms with Crippen molar-refractivity contribution in [2.24, 2.45) is 0 Å². The highest BCUT2D eigenvalue weighted by Gasteiger charge is 2.22. The third kappa shape index (κ3) is 3.05. The normalized spacial score (nSPS) is 15.0. The van der Waals surface area contributed by atoms with Crippen molar-refractivity contribution in [3.05, 3.63) is 40.7 Å². The minimum Gasteiger partial charge on any atom is -0.352 e. The summed E-state index contributed by atoms with van der Waals surface area (Å²) in [5.41, 5.74) is 1.87. The fraction of sp³-hybridized carbons (Fsp3) is 0.235. The van der Waals surface area contributed by atoms with E-state index in [0.717, 1.165) is 33.6 Å². The molecule has 1 saturated heterocycles. The average molecular weight is 377 g/mol. The monoisotopic (exact) mass is 376 g/mol. The highest BCUT2D eigenvalue weighted by atomic mass is 35.5. The molecule has 3 aromatic rings. The molecule has 0 unspecified atom stereocenters. The van der Waals surface area contributed by atoms with Crippen LogP contribution >= 0.6 is 22.9 Å². The molecule has 3 heterocycles. The van der Waals surface area contributed by atoms with Gasteiger partial charge in [-0.25, -0.2) is 9.37 Å². The lowest BCUT2D eigenvalue weighted by Crippen LogP contribution is -2.46. The topological polar surface area (TPSA) is 49.3 Å². The first-order valence-corrected chi connectivity index (χ1v) is 9.06. The lowest BCUT2D eigenvalue weighted by molar-refractivity contribution is -0.118. The molecule has 0 aliphatic carbocycles. The van der Waals surface area contributed by atoms with Gasteiger partial charge in [-0.2, -0.15) is 4.98 Å².